The fourth-order valence-corrected chi connectivity index (χ4v) is 2.99. The average molecular weight is 336 g/mol. The molecule has 2 aromatic rings. The molecule has 0 fully saturated rings. The molecule has 2 rings (SSSR count). The van der Waals surface area contributed by atoms with Gasteiger partial charge in [-0.15, -0.1) is 0 Å². The molecule has 2 heteroatoms. The van der Waals surface area contributed by atoms with Gasteiger partial charge in [0.2, 0.25) is 0 Å². The van der Waals surface area contributed by atoms with E-state index >= 15 is 0 Å². The zero-order valence-corrected chi connectivity index (χ0v) is 15.7. The maximum absolute atomic E-state index is 11.8. The summed E-state index contributed by atoms with van der Waals surface area (Å²) < 4.78 is 5.90. The van der Waals surface area contributed by atoms with Gasteiger partial charge in [0.1, 0.15) is 0 Å². The zero-order valence-electron chi connectivity index (χ0n) is 15.7. The van der Waals surface area contributed by atoms with Gasteiger partial charge in [-0.25, -0.2) is 0 Å². The quantitative estimate of drug-likeness (QED) is 0.575. The number of ether oxygens (including phenoxy) is 1. The Morgan fingerprint density at radius 1 is 1.04 bits per heavy atom. The summed E-state index contributed by atoms with van der Waals surface area (Å²) in [5, 5.41) is 0. The number of rotatable bonds is 8. The summed E-state index contributed by atoms with van der Waals surface area (Å²) in [5.41, 5.74) is 4.81. The largest absolute Gasteiger partial charge is 0.487 e. The topological polar surface area (TPSA) is 26.3 Å². The van der Waals surface area contributed by atoms with Crippen molar-refractivity contribution in [1.29, 1.82) is 0 Å². The van der Waals surface area contributed by atoms with Gasteiger partial charge in [-0.2, -0.15) is 0 Å². The summed E-state index contributed by atoms with van der Waals surface area (Å²) in [6.07, 6.45) is 0.915. The number of carbonyl (C=O) groups is 1. The molecule has 0 unspecified atom stereocenters. The number of hydrogen-bond donors (Lipinski definition) is 0. The zero-order chi connectivity index (χ0) is 18.4. The monoisotopic (exact) mass is 336 g/mol. The minimum absolute atomic E-state index is 0.0574. The van der Waals surface area contributed by atoms with Gasteiger partial charge in [0.25, 0.3) is 0 Å². The Kier molecular flexibility index (Phi) is 6.58. The molecule has 0 saturated heterocycles. The number of Topliss-reactive ketones (excluding diaryl/α,β-unsaturated/α-hetero) is 1. The molecule has 0 aliphatic carbocycles. The van der Waals surface area contributed by atoms with Crippen LogP contribution in [0.5, 0.6) is 0 Å². The van der Waals surface area contributed by atoms with Crippen molar-refractivity contribution >= 4 is 5.78 Å². The summed E-state index contributed by atoms with van der Waals surface area (Å²) in [6, 6.07) is 16.7. The summed E-state index contributed by atoms with van der Waals surface area (Å²) in [6.45, 7) is 11.9. The highest BCUT2D eigenvalue weighted by Crippen LogP contribution is 2.28. The van der Waals surface area contributed by atoms with Crippen LogP contribution in [0.1, 0.15) is 38.3 Å². The Morgan fingerprint density at radius 3 is 2.24 bits per heavy atom. The van der Waals surface area contributed by atoms with Gasteiger partial charge in [0, 0.05) is 6.42 Å². The lowest BCUT2D eigenvalue weighted by atomic mass is 9.94. The van der Waals surface area contributed by atoms with Crippen LogP contribution in [0, 0.1) is 12.8 Å². The second-order valence-electron chi connectivity index (χ2n) is 7.03. The molecule has 0 aromatic heterocycles. The minimum atomic E-state index is -0.405. The minimum Gasteiger partial charge on any atom is -0.487 e. The lowest BCUT2D eigenvalue weighted by molar-refractivity contribution is -0.126. The summed E-state index contributed by atoms with van der Waals surface area (Å²) in [4.78, 5) is 11.8. The first-order chi connectivity index (χ1) is 11.9. The third-order valence-corrected chi connectivity index (χ3v) is 4.29. The molecule has 0 radical (unpaired) electrons. The van der Waals surface area contributed by atoms with Crippen LogP contribution in [0.3, 0.4) is 0 Å². The van der Waals surface area contributed by atoms with Crippen LogP contribution in [0.15, 0.2) is 60.9 Å². The molecular formula is C23H28O2. The van der Waals surface area contributed by atoms with E-state index in [0.29, 0.717) is 24.5 Å². The Hall–Kier alpha value is -2.35. The van der Waals surface area contributed by atoms with E-state index in [1.54, 1.807) is 6.92 Å². The number of benzene rings is 2. The summed E-state index contributed by atoms with van der Waals surface area (Å²) >= 11 is 0. The van der Waals surface area contributed by atoms with Gasteiger partial charge in [-0.3, -0.25) is 4.79 Å². The second-order valence-corrected chi connectivity index (χ2v) is 7.03. The fourth-order valence-electron chi connectivity index (χ4n) is 2.99. The van der Waals surface area contributed by atoms with Crippen molar-refractivity contribution in [3.63, 3.8) is 0 Å². The highest BCUT2D eigenvalue weighted by molar-refractivity contribution is 5.80. The van der Waals surface area contributed by atoms with Gasteiger partial charge in [0.05, 0.1) is 5.76 Å². The Morgan fingerprint density at radius 2 is 1.64 bits per heavy atom. The fraction of sp³-hybridized carbons (Fsp3) is 0.348. The highest BCUT2D eigenvalue weighted by Gasteiger charge is 2.19. The van der Waals surface area contributed by atoms with E-state index in [2.05, 4.69) is 57.7 Å². The molecule has 0 saturated carbocycles. The first-order valence-electron chi connectivity index (χ1n) is 8.87. The SMILES string of the molecule is C=C(Cc1ccccc1-c1ccccc1C)O[C@@H](CC(C)C)C(C)=O. The lowest BCUT2D eigenvalue weighted by Crippen LogP contribution is -2.23. The maximum Gasteiger partial charge on any atom is 0.170 e. The van der Waals surface area contributed by atoms with E-state index < -0.39 is 6.10 Å². The van der Waals surface area contributed by atoms with Crippen molar-refractivity contribution in [2.45, 2.75) is 46.6 Å². The van der Waals surface area contributed by atoms with Gasteiger partial charge >= 0.3 is 0 Å². The molecule has 0 bridgehead atoms. The first-order valence-corrected chi connectivity index (χ1v) is 8.87. The van der Waals surface area contributed by atoms with Crippen LogP contribution in [-0.4, -0.2) is 11.9 Å². The van der Waals surface area contributed by atoms with E-state index in [4.69, 9.17) is 4.74 Å². The Bertz CT molecular complexity index is 743. The maximum atomic E-state index is 11.8. The Balaban J connectivity index is 2.19. The van der Waals surface area contributed by atoms with Crippen LogP contribution in [0.2, 0.25) is 0 Å². The molecule has 0 N–H and O–H groups in total. The van der Waals surface area contributed by atoms with E-state index in [9.17, 15) is 4.79 Å². The normalized spacial score (nSPS) is 12.0. The first kappa shape index (κ1) is 19.0. The average Bonchev–Trinajstić information content (AvgIpc) is 2.55. The smallest absolute Gasteiger partial charge is 0.170 e. The molecule has 0 aliphatic rings. The molecule has 0 aliphatic heterocycles. The van der Waals surface area contributed by atoms with Crippen LogP contribution >= 0.6 is 0 Å². The molecule has 132 valence electrons. The summed E-state index contributed by atoms with van der Waals surface area (Å²) in [5.74, 6) is 1.10. The highest BCUT2D eigenvalue weighted by atomic mass is 16.5. The Labute approximate surface area is 151 Å². The van der Waals surface area contributed by atoms with Crippen LogP contribution in [0.25, 0.3) is 11.1 Å². The van der Waals surface area contributed by atoms with E-state index in [1.165, 1.54) is 16.7 Å². The number of carbonyl (C=O) groups excluding carboxylic acids is 1. The molecule has 0 spiro atoms. The molecule has 1 atom stereocenters. The van der Waals surface area contributed by atoms with E-state index in [-0.39, 0.29) is 5.78 Å². The van der Waals surface area contributed by atoms with Crippen molar-refractivity contribution < 1.29 is 9.53 Å². The predicted octanol–water partition coefficient (Wildman–Crippen LogP) is 5.74. The number of aryl methyl sites for hydroxylation is 1. The van der Waals surface area contributed by atoms with Crippen molar-refractivity contribution in [1.82, 2.24) is 0 Å². The van der Waals surface area contributed by atoms with E-state index in [1.807, 2.05) is 18.2 Å². The summed E-state index contributed by atoms with van der Waals surface area (Å²) in [7, 11) is 0. The van der Waals surface area contributed by atoms with E-state index in [0.717, 1.165) is 5.56 Å². The third kappa shape index (κ3) is 5.32. The molecule has 25 heavy (non-hydrogen) atoms. The van der Waals surface area contributed by atoms with Gasteiger partial charge in [-0.1, -0.05) is 69.0 Å². The molecule has 0 amide bonds. The van der Waals surface area contributed by atoms with Gasteiger partial charge in [0.15, 0.2) is 11.9 Å². The van der Waals surface area contributed by atoms with Crippen molar-refractivity contribution in [3.05, 3.63) is 72.0 Å². The number of hydrogen-bond acceptors (Lipinski definition) is 2. The van der Waals surface area contributed by atoms with Crippen molar-refractivity contribution in [2.75, 3.05) is 0 Å². The third-order valence-electron chi connectivity index (χ3n) is 4.29. The molecule has 2 aromatic carbocycles. The standard InChI is InChI=1S/C23H28O2/c1-16(2)14-23(19(5)24)25-18(4)15-20-11-7-9-13-22(20)21-12-8-6-10-17(21)3/h6-13,16,23H,4,14-15H2,1-3,5H3/t23-/m0/s1. The lowest BCUT2D eigenvalue weighted by Gasteiger charge is -2.21. The number of allylic oxidation sites excluding steroid dienone is 1. The number of ketones is 1. The predicted molar refractivity (Wildman–Crippen MR) is 104 cm³/mol. The van der Waals surface area contributed by atoms with Crippen LogP contribution in [0.4, 0.5) is 0 Å². The second kappa shape index (κ2) is 8.66. The molecule has 0 heterocycles. The van der Waals surface area contributed by atoms with Crippen LogP contribution in [-0.2, 0) is 16.0 Å². The van der Waals surface area contributed by atoms with Crippen LogP contribution < -0.4 is 0 Å². The molecule has 2 nitrogen and oxygen atoms in total. The van der Waals surface area contributed by atoms with Gasteiger partial charge < -0.3 is 4.74 Å². The molecular weight excluding hydrogens is 308 g/mol. The van der Waals surface area contributed by atoms with Crippen molar-refractivity contribution in [2.24, 2.45) is 5.92 Å². The van der Waals surface area contributed by atoms with Crippen molar-refractivity contribution in [3.8, 4) is 11.1 Å². The van der Waals surface area contributed by atoms with Gasteiger partial charge in [-0.05, 0) is 48.4 Å².